The zero-order valence-electron chi connectivity index (χ0n) is 30.5. The van der Waals surface area contributed by atoms with Crippen LogP contribution in [0.2, 0.25) is 0 Å². The molecule has 1 aromatic rings. The molecule has 14 nitrogen and oxygen atoms in total. The molecule has 0 bridgehead atoms. The molecule has 6 N–H and O–H groups in total. The molecule has 4 rings (SSSR count). The van der Waals surface area contributed by atoms with Gasteiger partial charge in [0.25, 0.3) is 5.91 Å². The van der Waals surface area contributed by atoms with Gasteiger partial charge in [0.1, 0.15) is 12.1 Å². The van der Waals surface area contributed by atoms with E-state index in [4.69, 9.17) is 0 Å². The summed E-state index contributed by atoms with van der Waals surface area (Å²) in [5, 5.41) is 21.4. The maximum absolute atomic E-state index is 14.6. The van der Waals surface area contributed by atoms with Gasteiger partial charge in [0.15, 0.2) is 0 Å². The van der Waals surface area contributed by atoms with Crippen molar-refractivity contribution in [1.29, 1.82) is 0 Å². The number of amides is 5. The predicted molar refractivity (Wildman–Crippen MR) is 188 cm³/mol. The van der Waals surface area contributed by atoms with Gasteiger partial charge in [-0.05, 0) is 47.8 Å². The molecule has 1 unspecified atom stereocenters. The minimum atomic E-state index is -1.04. The Labute approximate surface area is 294 Å². The largest absolute Gasteiger partial charge is 0.493 e. The maximum Gasteiger partial charge on any atom is 0.328 e. The highest BCUT2D eigenvalue weighted by atomic mass is 16.3. The number of nitrogens with zero attached hydrogens (tertiary/aromatic N) is 2. The van der Waals surface area contributed by atoms with Crippen molar-refractivity contribution in [3.63, 3.8) is 0 Å². The Bertz CT molecular complexity index is 1490. The molecular weight excluding hydrogens is 642 g/mol. The topological polar surface area (TPSA) is 195 Å². The van der Waals surface area contributed by atoms with E-state index in [1.54, 1.807) is 4.90 Å². The van der Waals surface area contributed by atoms with E-state index in [1.165, 1.54) is 12.3 Å². The third-order valence-electron chi connectivity index (χ3n) is 11.1. The van der Waals surface area contributed by atoms with Crippen molar-refractivity contribution >= 4 is 29.5 Å². The molecule has 1 saturated heterocycles. The smallest absolute Gasteiger partial charge is 0.328 e. The number of H-pyrrole nitrogens is 1. The van der Waals surface area contributed by atoms with Crippen LogP contribution in [0.1, 0.15) is 92.9 Å². The van der Waals surface area contributed by atoms with Gasteiger partial charge < -0.3 is 36.3 Å². The molecule has 2 saturated carbocycles. The summed E-state index contributed by atoms with van der Waals surface area (Å²) in [6.07, 6.45) is 8.66. The molecule has 0 aromatic carbocycles. The Morgan fingerprint density at radius 3 is 2.36 bits per heavy atom. The number of urea groups is 1. The van der Waals surface area contributed by atoms with Crippen LogP contribution in [0.3, 0.4) is 0 Å². The highest BCUT2D eigenvalue weighted by Gasteiger charge is 2.69. The van der Waals surface area contributed by atoms with Gasteiger partial charge in [-0.25, -0.2) is 9.59 Å². The lowest BCUT2D eigenvalue weighted by atomic mass is 9.83. The second-order valence-electron chi connectivity index (χ2n) is 15.9. The van der Waals surface area contributed by atoms with E-state index < -0.39 is 58.9 Å². The third-order valence-corrected chi connectivity index (χ3v) is 11.1. The Kier molecular flexibility index (Phi) is 12.3. The van der Waals surface area contributed by atoms with E-state index in [0.717, 1.165) is 43.1 Å². The zero-order chi connectivity index (χ0) is 37.0. The summed E-state index contributed by atoms with van der Waals surface area (Å²) in [6, 6.07) is -3.98. The van der Waals surface area contributed by atoms with Gasteiger partial charge >= 0.3 is 11.7 Å². The van der Waals surface area contributed by atoms with Crippen molar-refractivity contribution < 1.29 is 29.1 Å². The van der Waals surface area contributed by atoms with Gasteiger partial charge in [-0.2, -0.15) is 0 Å². The van der Waals surface area contributed by atoms with Crippen LogP contribution in [0.4, 0.5) is 4.79 Å². The summed E-state index contributed by atoms with van der Waals surface area (Å²) < 4.78 is 1.14. The van der Waals surface area contributed by atoms with Crippen LogP contribution in [0.15, 0.2) is 23.6 Å². The lowest BCUT2D eigenvalue weighted by Crippen LogP contribution is -2.61. The van der Waals surface area contributed by atoms with Crippen molar-refractivity contribution in [1.82, 2.24) is 35.7 Å². The number of aromatic nitrogens is 2. The average molecular weight is 700 g/mol. The number of Topliss-reactive ketones (excluding diaryl/α,β-unsaturated/α-hetero) is 1. The molecule has 3 fully saturated rings. The third kappa shape index (κ3) is 8.60. The average Bonchev–Trinajstić information content (AvgIpc) is 3.34. The summed E-state index contributed by atoms with van der Waals surface area (Å²) in [5.41, 5.74) is -1.23. The first-order valence-electron chi connectivity index (χ1n) is 18.1. The first-order valence-corrected chi connectivity index (χ1v) is 18.1. The van der Waals surface area contributed by atoms with Crippen LogP contribution in [-0.2, 0) is 25.7 Å². The lowest BCUT2D eigenvalue weighted by Gasteiger charge is -2.38. The highest BCUT2D eigenvalue weighted by Crippen LogP contribution is 2.65. The first-order chi connectivity index (χ1) is 23.5. The quantitative estimate of drug-likeness (QED) is 0.120. The van der Waals surface area contributed by atoms with E-state index >= 15 is 0 Å². The number of hydrogen-bond donors (Lipinski definition) is 6. The number of likely N-dealkylation sites (tertiary alicyclic amines) is 1. The number of piperidine rings is 1. The molecule has 0 spiro atoms. The van der Waals surface area contributed by atoms with Crippen molar-refractivity contribution in [2.45, 2.75) is 124 Å². The van der Waals surface area contributed by atoms with Crippen molar-refractivity contribution in [2.75, 3.05) is 13.1 Å². The van der Waals surface area contributed by atoms with Crippen LogP contribution >= 0.6 is 0 Å². The van der Waals surface area contributed by atoms with E-state index in [-0.39, 0.29) is 54.5 Å². The SMILES string of the molecule is C=CCNC(=O)C(=O)C(CCCC)NC(=O)[C@@H]1[C@@H]2[C@H](CN1C(=O)[C@@H](NC(=O)N[C@H](Cn1c(O)c[nH]c1=O)C(C)(C)C)C1CCCCC1)C2(C)C. The molecule has 14 heteroatoms. The van der Waals surface area contributed by atoms with E-state index in [2.05, 4.69) is 46.7 Å². The van der Waals surface area contributed by atoms with Crippen LogP contribution in [0.25, 0.3) is 0 Å². The van der Waals surface area contributed by atoms with Gasteiger partial charge in [0, 0.05) is 13.1 Å². The normalized spacial score (nSPS) is 23.2. The molecule has 1 aliphatic heterocycles. The molecule has 1 aromatic heterocycles. The standard InChI is InChI=1S/C36H57N7O7/c1-8-10-16-23(29(45)31(47)37-17-9-2)39-30(46)28-26-22(36(26,6)7)19-43(28)32(48)27(21-14-12-11-13-15-21)41-33(49)40-24(35(3,4)5)20-42-25(44)18-38-34(42)50/h9,18,21-24,26-28,44H,2,8,10-17,19-20H2,1,3-7H3,(H,37,47)(H,38,50)(H,39,46)(H2,40,41,49)/t22-,23?,24+,26-,27-,28-/m0/s1. The number of ketones is 1. The number of carbonyl (C=O) groups excluding carboxylic acids is 5. The highest BCUT2D eigenvalue weighted by molar-refractivity contribution is 6.38. The fourth-order valence-electron chi connectivity index (χ4n) is 7.81. The number of nitrogens with one attached hydrogen (secondary N) is 5. The monoisotopic (exact) mass is 699 g/mol. The van der Waals surface area contributed by atoms with Gasteiger partial charge in [0.2, 0.25) is 23.5 Å². The summed E-state index contributed by atoms with van der Waals surface area (Å²) in [7, 11) is 0. The minimum absolute atomic E-state index is 0.00344. The first kappa shape index (κ1) is 38.7. The molecule has 3 aliphatic rings. The van der Waals surface area contributed by atoms with Crippen LogP contribution < -0.4 is 27.0 Å². The van der Waals surface area contributed by atoms with Crippen LogP contribution in [0.5, 0.6) is 5.88 Å². The van der Waals surface area contributed by atoms with Gasteiger partial charge in [-0.15, -0.1) is 6.58 Å². The van der Waals surface area contributed by atoms with Crippen LogP contribution in [-0.4, -0.2) is 86.4 Å². The zero-order valence-corrected chi connectivity index (χ0v) is 30.5. The lowest BCUT2D eigenvalue weighted by molar-refractivity contribution is -0.144. The molecule has 2 aliphatic carbocycles. The van der Waals surface area contributed by atoms with Crippen molar-refractivity contribution in [3.05, 3.63) is 29.3 Å². The Hall–Kier alpha value is -4.10. The number of unbranched alkanes of at least 4 members (excludes halogenated alkanes) is 1. The van der Waals surface area contributed by atoms with E-state index in [9.17, 15) is 33.9 Å². The fourth-order valence-corrected chi connectivity index (χ4v) is 7.81. The molecular formula is C36H57N7O7. The maximum atomic E-state index is 14.6. The molecule has 6 atom stereocenters. The number of carbonyl (C=O) groups is 5. The second-order valence-corrected chi connectivity index (χ2v) is 15.9. The predicted octanol–water partition coefficient (Wildman–Crippen LogP) is 2.57. The number of fused-ring (bicyclic) bond motifs is 1. The van der Waals surface area contributed by atoms with E-state index in [0.29, 0.717) is 13.0 Å². The van der Waals surface area contributed by atoms with Gasteiger partial charge in [-0.1, -0.05) is 79.7 Å². The number of hydrogen-bond acceptors (Lipinski definition) is 7. The number of aromatic amines is 1. The van der Waals surface area contributed by atoms with Crippen molar-refractivity contribution in [3.8, 4) is 5.88 Å². The summed E-state index contributed by atoms with van der Waals surface area (Å²) in [5.74, 6) is -2.82. The van der Waals surface area contributed by atoms with Crippen LogP contribution in [0, 0.1) is 28.6 Å². The Balaban J connectivity index is 1.57. The summed E-state index contributed by atoms with van der Waals surface area (Å²) in [6.45, 7) is 15.8. The number of aromatic hydroxyl groups is 1. The summed E-state index contributed by atoms with van der Waals surface area (Å²) in [4.78, 5) is 84.5. The number of rotatable bonds is 15. The Morgan fingerprint density at radius 2 is 1.78 bits per heavy atom. The van der Waals surface area contributed by atoms with Gasteiger partial charge in [-0.3, -0.25) is 23.7 Å². The molecule has 278 valence electrons. The fraction of sp³-hybridized carbons (Fsp3) is 0.722. The summed E-state index contributed by atoms with van der Waals surface area (Å²) >= 11 is 0. The number of imidazole rings is 1. The molecule has 50 heavy (non-hydrogen) atoms. The Morgan fingerprint density at radius 1 is 1.10 bits per heavy atom. The van der Waals surface area contributed by atoms with Crippen molar-refractivity contribution in [2.24, 2.45) is 28.6 Å². The van der Waals surface area contributed by atoms with E-state index in [1.807, 2.05) is 27.7 Å². The molecule has 0 radical (unpaired) electrons. The molecule has 2 heterocycles. The second kappa shape index (κ2) is 15.8. The minimum Gasteiger partial charge on any atom is -0.493 e. The van der Waals surface area contributed by atoms with Gasteiger partial charge in [0.05, 0.1) is 24.8 Å². The molecule has 5 amide bonds.